The second-order valence-electron chi connectivity index (χ2n) is 8.70. The molecule has 0 heterocycles. The SMILES string of the molecule is CC1(C)c2ccccc2C2=CC=C(C3=CC4C=CC(I)CC4C=C3)CC21. The minimum Gasteiger partial charge on any atom is -0.0800 e. The van der Waals surface area contributed by atoms with Crippen molar-refractivity contribution in [2.75, 3.05) is 0 Å². The molecule has 1 aromatic rings. The molecule has 0 bridgehead atoms. The molecule has 1 aromatic carbocycles. The molecule has 5 rings (SSSR count). The smallest absolute Gasteiger partial charge is 0.0295 e. The first-order chi connectivity index (χ1) is 12.5. The Morgan fingerprint density at radius 1 is 1.04 bits per heavy atom. The predicted octanol–water partition coefficient (Wildman–Crippen LogP) is 6.80. The van der Waals surface area contributed by atoms with Gasteiger partial charge in [0.2, 0.25) is 0 Å². The summed E-state index contributed by atoms with van der Waals surface area (Å²) in [6.07, 6.45) is 19.4. The van der Waals surface area contributed by atoms with Crippen molar-refractivity contribution < 1.29 is 0 Å². The minimum absolute atomic E-state index is 0.211. The fourth-order valence-electron chi connectivity index (χ4n) is 5.30. The summed E-state index contributed by atoms with van der Waals surface area (Å²) in [5.74, 6) is 1.86. The lowest BCUT2D eigenvalue weighted by Gasteiger charge is -2.33. The van der Waals surface area contributed by atoms with Gasteiger partial charge in [0, 0.05) is 9.84 Å². The number of fused-ring (bicyclic) bond motifs is 4. The van der Waals surface area contributed by atoms with Crippen molar-refractivity contribution in [1.82, 2.24) is 0 Å². The summed E-state index contributed by atoms with van der Waals surface area (Å²) in [6.45, 7) is 4.84. The molecule has 1 heteroatoms. The van der Waals surface area contributed by atoms with Gasteiger partial charge in [-0.1, -0.05) is 103 Å². The van der Waals surface area contributed by atoms with Gasteiger partial charge in [0.15, 0.2) is 0 Å². The molecule has 0 saturated carbocycles. The zero-order valence-corrected chi connectivity index (χ0v) is 17.6. The Morgan fingerprint density at radius 3 is 2.77 bits per heavy atom. The van der Waals surface area contributed by atoms with Crippen molar-refractivity contribution in [2.45, 2.75) is 36.0 Å². The molecule has 0 aliphatic heterocycles. The topological polar surface area (TPSA) is 0 Å². The van der Waals surface area contributed by atoms with Crippen LogP contribution in [0.2, 0.25) is 0 Å². The number of benzene rings is 1. The van der Waals surface area contributed by atoms with E-state index in [2.05, 4.69) is 103 Å². The van der Waals surface area contributed by atoms with Crippen molar-refractivity contribution in [1.29, 1.82) is 0 Å². The summed E-state index contributed by atoms with van der Waals surface area (Å²) in [4.78, 5) is 0. The third-order valence-corrected chi connectivity index (χ3v) is 7.79. The van der Waals surface area contributed by atoms with Crippen LogP contribution in [0.3, 0.4) is 0 Å². The van der Waals surface area contributed by atoms with Crippen molar-refractivity contribution in [2.24, 2.45) is 17.8 Å². The molecule has 4 aliphatic carbocycles. The molecule has 4 atom stereocenters. The molecule has 0 N–H and O–H groups in total. The van der Waals surface area contributed by atoms with E-state index in [-0.39, 0.29) is 5.41 Å². The summed E-state index contributed by atoms with van der Waals surface area (Å²) in [5, 5.41) is 0. The van der Waals surface area contributed by atoms with Crippen LogP contribution in [0.5, 0.6) is 0 Å². The molecule has 0 spiro atoms. The van der Waals surface area contributed by atoms with E-state index in [1.807, 2.05) is 0 Å². The van der Waals surface area contributed by atoms with E-state index in [0.29, 0.717) is 21.7 Å². The van der Waals surface area contributed by atoms with Crippen molar-refractivity contribution in [3.63, 3.8) is 0 Å². The predicted molar refractivity (Wildman–Crippen MR) is 119 cm³/mol. The van der Waals surface area contributed by atoms with Crippen molar-refractivity contribution >= 4 is 28.2 Å². The van der Waals surface area contributed by atoms with Gasteiger partial charge in [-0.2, -0.15) is 0 Å². The maximum Gasteiger partial charge on any atom is 0.0295 e. The second-order valence-corrected chi connectivity index (χ2v) is 10.3. The standard InChI is InChI=1S/C25H25I/c1-25(2)23-6-4-3-5-21(23)22-12-10-19(15-24(22)25)16-7-8-18-14-20(26)11-9-17(18)13-16/h3-13,17-18,20,24H,14-15H2,1-2H3. The van der Waals surface area contributed by atoms with E-state index in [9.17, 15) is 0 Å². The zero-order valence-electron chi connectivity index (χ0n) is 15.5. The Balaban J connectivity index is 1.50. The molecule has 0 saturated heterocycles. The molecule has 4 unspecified atom stereocenters. The first-order valence-electron chi connectivity index (χ1n) is 9.77. The molecule has 0 radical (unpaired) electrons. The second kappa shape index (κ2) is 6.09. The number of hydrogen-bond acceptors (Lipinski definition) is 0. The monoisotopic (exact) mass is 452 g/mol. The number of alkyl halides is 1. The minimum atomic E-state index is 0.211. The summed E-state index contributed by atoms with van der Waals surface area (Å²) in [7, 11) is 0. The molecular formula is C25H25I. The molecule has 0 amide bonds. The highest BCUT2D eigenvalue weighted by atomic mass is 127. The van der Waals surface area contributed by atoms with Gasteiger partial charge < -0.3 is 0 Å². The fourth-order valence-corrected chi connectivity index (χ4v) is 6.13. The maximum absolute atomic E-state index is 2.55. The van der Waals surface area contributed by atoms with E-state index in [1.54, 1.807) is 0 Å². The molecule has 0 aromatic heterocycles. The van der Waals surface area contributed by atoms with Gasteiger partial charge in [-0.05, 0) is 57.9 Å². The van der Waals surface area contributed by atoms with Crippen LogP contribution in [0.1, 0.15) is 37.8 Å². The largest absolute Gasteiger partial charge is 0.0800 e. The van der Waals surface area contributed by atoms with Crippen LogP contribution in [0.4, 0.5) is 0 Å². The Kier molecular flexibility index (Phi) is 3.93. The summed E-state index contributed by atoms with van der Waals surface area (Å²) in [5.41, 5.74) is 7.70. The first kappa shape index (κ1) is 16.8. The summed E-state index contributed by atoms with van der Waals surface area (Å²) in [6, 6.07) is 9.00. The highest BCUT2D eigenvalue weighted by Crippen LogP contribution is 2.54. The van der Waals surface area contributed by atoms with E-state index in [4.69, 9.17) is 0 Å². The van der Waals surface area contributed by atoms with Gasteiger partial charge in [-0.25, -0.2) is 0 Å². The van der Waals surface area contributed by atoms with Gasteiger partial charge >= 0.3 is 0 Å². The lowest BCUT2D eigenvalue weighted by Crippen LogP contribution is -2.26. The van der Waals surface area contributed by atoms with Crippen molar-refractivity contribution in [3.05, 3.63) is 89.1 Å². The molecule has 0 fully saturated rings. The number of rotatable bonds is 1. The third kappa shape index (κ3) is 2.54. The molecular weight excluding hydrogens is 427 g/mol. The van der Waals surface area contributed by atoms with Crippen LogP contribution in [0.25, 0.3) is 5.57 Å². The van der Waals surface area contributed by atoms with E-state index >= 15 is 0 Å². The Morgan fingerprint density at radius 2 is 1.88 bits per heavy atom. The Bertz CT molecular complexity index is 906. The normalized spacial score (nSPS) is 33.6. The van der Waals surface area contributed by atoms with Crippen LogP contribution in [0, 0.1) is 17.8 Å². The lowest BCUT2D eigenvalue weighted by atomic mass is 9.71. The lowest BCUT2D eigenvalue weighted by molar-refractivity contribution is 0.409. The van der Waals surface area contributed by atoms with E-state index in [1.165, 1.54) is 34.3 Å². The average Bonchev–Trinajstić information content (AvgIpc) is 2.89. The summed E-state index contributed by atoms with van der Waals surface area (Å²) >= 11 is 2.55. The third-order valence-electron chi connectivity index (χ3n) is 6.87. The van der Waals surface area contributed by atoms with Gasteiger partial charge in [0.1, 0.15) is 0 Å². The molecule has 0 nitrogen and oxygen atoms in total. The molecule has 4 aliphatic rings. The molecule has 132 valence electrons. The number of allylic oxidation sites excluding steroid dienone is 10. The Labute approximate surface area is 170 Å². The van der Waals surface area contributed by atoms with Crippen LogP contribution < -0.4 is 0 Å². The van der Waals surface area contributed by atoms with E-state index in [0.717, 1.165) is 6.42 Å². The van der Waals surface area contributed by atoms with E-state index < -0.39 is 0 Å². The average molecular weight is 452 g/mol. The first-order valence-corrected chi connectivity index (χ1v) is 11.0. The number of halogens is 1. The zero-order chi connectivity index (χ0) is 17.9. The van der Waals surface area contributed by atoms with Gasteiger partial charge in [-0.3, -0.25) is 0 Å². The van der Waals surface area contributed by atoms with Crippen LogP contribution in [0.15, 0.2) is 77.9 Å². The van der Waals surface area contributed by atoms with Crippen LogP contribution >= 0.6 is 22.6 Å². The quantitative estimate of drug-likeness (QED) is 0.250. The maximum atomic E-state index is 2.55. The number of hydrogen-bond donors (Lipinski definition) is 0. The Hall–Kier alpha value is -1.35. The van der Waals surface area contributed by atoms with Crippen molar-refractivity contribution in [3.8, 4) is 0 Å². The van der Waals surface area contributed by atoms with Crippen LogP contribution in [-0.2, 0) is 5.41 Å². The summed E-state index contributed by atoms with van der Waals surface area (Å²) < 4.78 is 0.686. The molecule has 26 heavy (non-hydrogen) atoms. The highest BCUT2D eigenvalue weighted by Gasteiger charge is 2.43. The van der Waals surface area contributed by atoms with Gasteiger partial charge in [0.25, 0.3) is 0 Å². The van der Waals surface area contributed by atoms with Gasteiger partial charge in [-0.15, -0.1) is 0 Å². The van der Waals surface area contributed by atoms with Crippen LogP contribution in [-0.4, -0.2) is 3.92 Å². The van der Waals surface area contributed by atoms with Gasteiger partial charge in [0.05, 0.1) is 0 Å². The highest BCUT2D eigenvalue weighted by molar-refractivity contribution is 14.1. The fraction of sp³-hybridized carbons (Fsp3) is 0.360.